The fourth-order valence-electron chi connectivity index (χ4n) is 1.48. The van der Waals surface area contributed by atoms with Gasteiger partial charge in [0.05, 0.1) is 5.75 Å². The van der Waals surface area contributed by atoms with Gasteiger partial charge < -0.3 is 15.0 Å². The van der Waals surface area contributed by atoms with Crippen molar-refractivity contribution < 1.29 is 13.2 Å². The van der Waals surface area contributed by atoms with Gasteiger partial charge in [-0.15, -0.1) is 0 Å². The van der Waals surface area contributed by atoms with Crippen LogP contribution in [0.15, 0.2) is 6.07 Å². The zero-order chi connectivity index (χ0) is 15.2. The summed E-state index contributed by atoms with van der Waals surface area (Å²) in [4.78, 5) is 10.5. The average molecular weight is 302 g/mol. The number of hydrogen-bond acceptors (Lipinski definition) is 7. The Hall–Kier alpha value is -1.41. The van der Waals surface area contributed by atoms with Crippen molar-refractivity contribution in [3.05, 3.63) is 11.9 Å². The monoisotopic (exact) mass is 302 g/mol. The van der Waals surface area contributed by atoms with Gasteiger partial charge in [-0.3, -0.25) is 0 Å². The highest BCUT2D eigenvalue weighted by atomic mass is 32.2. The van der Waals surface area contributed by atoms with Gasteiger partial charge in [0.1, 0.15) is 28.1 Å². The number of sulfone groups is 1. The lowest BCUT2D eigenvalue weighted by molar-refractivity contribution is 0.128. The number of hydrogen-bond donors (Lipinski definition) is 1. The van der Waals surface area contributed by atoms with Gasteiger partial charge in [0, 0.05) is 39.6 Å². The van der Waals surface area contributed by atoms with Crippen LogP contribution < -0.4 is 10.2 Å². The molecule has 0 unspecified atom stereocenters. The molecule has 1 aromatic rings. The molecule has 0 radical (unpaired) electrons. The standard InChI is InChI=1S/C12H22N4O3S/c1-5-19-9-11-14-10(13-2)8-12(15-11)16(3)6-7-20(4,17)18/h8H,5-7,9H2,1-4H3,(H,13,14,15). The quantitative estimate of drug-likeness (QED) is 0.750. The van der Waals surface area contributed by atoms with E-state index in [9.17, 15) is 8.42 Å². The summed E-state index contributed by atoms with van der Waals surface area (Å²) < 4.78 is 27.7. The second-order valence-corrected chi connectivity index (χ2v) is 6.73. The van der Waals surface area contributed by atoms with Gasteiger partial charge in [-0.2, -0.15) is 0 Å². The third-order valence-electron chi connectivity index (χ3n) is 2.64. The molecule has 0 amide bonds. The van der Waals surface area contributed by atoms with Gasteiger partial charge in [0.25, 0.3) is 0 Å². The lowest BCUT2D eigenvalue weighted by atomic mass is 10.4. The van der Waals surface area contributed by atoms with Crippen LogP contribution in [0, 0.1) is 0 Å². The molecule has 0 aliphatic rings. The highest BCUT2D eigenvalue weighted by molar-refractivity contribution is 7.90. The fraction of sp³-hybridized carbons (Fsp3) is 0.667. The molecule has 0 spiro atoms. The Kier molecular flexibility index (Phi) is 6.15. The fourth-order valence-corrected chi connectivity index (χ4v) is 2.09. The molecule has 0 bridgehead atoms. The largest absolute Gasteiger partial charge is 0.374 e. The van der Waals surface area contributed by atoms with Crippen LogP contribution in [0.25, 0.3) is 0 Å². The van der Waals surface area contributed by atoms with E-state index in [0.29, 0.717) is 37.2 Å². The minimum Gasteiger partial charge on any atom is -0.374 e. The smallest absolute Gasteiger partial charge is 0.158 e. The van der Waals surface area contributed by atoms with Gasteiger partial charge in [0.2, 0.25) is 0 Å². The maximum Gasteiger partial charge on any atom is 0.158 e. The van der Waals surface area contributed by atoms with E-state index < -0.39 is 9.84 Å². The van der Waals surface area contributed by atoms with Crippen LogP contribution in [-0.2, 0) is 21.2 Å². The molecule has 7 nitrogen and oxygen atoms in total. The average Bonchev–Trinajstić information content (AvgIpc) is 2.41. The number of nitrogens with one attached hydrogen (secondary N) is 1. The molecule has 20 heavy (non-hydrogen) atoms. The molecule has 1 rings (SSSR count). The van der Waals surface area contributed by atoms with Gasteiger partial charge in [0.15, 0.2) is 5.82 Å². The van der Waals surface area contributed by atoms with E-state index in [1.807, 2.05) is 6.92 Å². The van der Waals surface area contributed by atoms with Crippen molar-refractivity contribution in [2.24, 2.45) is 0 Å². The zero-order valence-electron chi connectivity index (χ0n) is 12.4. The summed E-state index contributed by atoms with van der Waals surface area (Å²) in [7, 11) is 0.581. The highest BCUT2D eigenvalue weighted by Gasteiger charge is 2.10. The van der Waals surface area contributed by atoms with E-state index in [4.69, 9.17) is 4.74 Å². The molecule has 0 aliphatic carbocycles. The van der Waals surface area contributed by atoms with Crippen LogP contribution in [0.4, 0.5) is 11.6 Å². The van der Waals surface area contributed by atoms with Gasteiger partial charge in [-0.25, -0.2) is 18.4 Å². The topological polar surface area (TPSA) is 84.4 Å². The minimum absolute atomic E-state index is 0.0865. The Balaban J connectivity index is 2.86. The molecule has 0 atom stereocenters. The molecule has 0 saturated carbocycles. The van der Waals surface area contributed by atoms with Gasteiger partial charge in [-0.05, 0) is 6.92 Å². The Morgan fingerprint density at radius 3 is 2.65 bits per heavy atom. The summed E-state index contributed by atoms with van der Waals surface area (Å²) in [5, 5.41) is 2.96. The summed E-state index contributed by atoms with van der Waals surface area (Å²) >= 11 is 0. The molecular formula is C12H22N4O3S. The van der Waals surface area contributed by atoms with Crippen LogP contribution in [-0.4, -0.2) is 57.6 Å². The Labute approximate surface area is 120 Å². The van der Waals surface area contributed by atoms with Crippen molar-refractivity contribution in [3.8, 4) is 0 Å². The van der Waals surface area contributed by atoms with Crippen LogP contribution in [0.5, 0.6) is 0 Å². The zero-order valence-corrected chi connectivity index (χ0v) is 13.2. The van der Waals surface area contributed by atoms with Crippen molar-refractivity contribution >= 4 is 21.5 Å². The Morgan fingerprint density at radius 2 is 2.10 bits per heavy atom. The van der Waals surface area contributed by atoms with Crippen molar-refractivity contribution in [2.45, 2.75) is 13.5 Å². The molecule has 0 aliphatic heterocycles. The molecule has 0 fully saturated rings. The van der Waals surface area contributed by atoms with E-state index >= 15 is 0 Å². The first-order valence-corrected chi connectivity index (χ1v) is 8.44. The van der Waals surface area contributed by atoms with Crippen LogP contribution in [0.3, 0.4) is 0 Å². The number of ether oxygens (including phenoxy) is 1. The van der Waals surface area contributed by atoms with Crippen molar-refractivity contribution in [1.29, 1.82) is 0 Å². The first-order chi connectivity index (χ1) is 9.35. The van der Waals surface area contributed by atoms with Gasteiger partial charge >= 0.3 is 0 Å². The first kappa shape index (κ1) is 16.6. The Morgan fingerprint density at radius 1 is 1.40 bits per heavy atom. The van der Waals surface area contributed by atoms with Crippen molar-refractivity contribution in [2.75, 3.05) is 49.5 Å². The van der Waals surface area contributed by atoms with Crippen LogP contribution >= 0.6 is 0 Å². The lowest BCUT2D eigenvalue weighted by Crippen LogP contribution is -2.26. The second kappa shape index (κ2) is 7.39. The second-order valence-electron chi connectivity index (χ2n) is 4.47. The Bertz CT molecular complexity index is 534. The third-order valence-corrected chi connectivity index (χ3v) is 3.56. The number of aromatic nitrogens is 2. The molecular weight excluding hydrogens is 280 g/mol. The summed E-state index contributed by atoms with van der Waals surface area (Å²) in [6.45, 7) is 3.21. The van der Waals surface area contributed by atoms with E-state index in [1.54, 1.807) is 25.1 Å². The van der Waals surface area contributed by atoms with E-state index in [-0.39, 0.29) is 5.75 Å². The number of nitrogens with zero attached hydrogens (tertiary/aromatic N) is 3. The van der Waals surface area contributed by atoms with Crippen LogP contribution in [0.1, 0.15) is 12.7 Å². The highest BCUT2D eigenvalue weighted by Crippen LogP contribution is 2.15. The minimum atomic E-state index is -2.99. The molecule has 114 valence electrons. The van der Waals surface area contributed by atoms with Gasteiger partial charge in [-0.1, -0.05) is 0 Å². The molecule has 1 heterocycles. The van der Waals surface area contributed by atoms with Crippen molar-refractivity contribution in [3.63, 3.8) is 0 Å². The molecule has 0 aromatic carbocycles. The summed E-state index contributed by atoms with van der Waals surface area (Å²) in [6, 6.07) is 1.78. The lowest BCUT2D eigenvalue weighted by Gasteiger charge is -2.19. The maximum absolute atomic E-state index is 11.2. The molecule has 1 aromatic heterocycles. The summed E-state index contributed by atoms with van der Waals surface area (Å²) in [5.74, 6) is 2.00. The maximum atomic E-state index is 11.2. The molecule has 8 heteroatoms. The molecule has 1 N–H and O–H groups in total. The SMILES string of the molecule is CCOCc1nc(NC)cc(N(C)CCS(C)(=O)=O)n1. The van der Waals surface area contributed by atoms with Crippen LogP contribution in [0.2, 0.25) is 0 Å². The van der Waals surface area contributed by atoms with Crippen molar-refractivity contribution in [1.82, 2.24) is 9.97 Å². The number of rotatable bonds is 8. The molecule has 0 saturated heterocycles. The summed E-state index contributed by atoms with van der Waals surface area (Å²) in [5.41, 5.74) is 0. The van der Waals surface area contributed by atoms with E-state index in [0.717, 1.165) is 0 Å². The normalized spacial score (nSPS) is 11.4. The van der Waals surface area contributed by atoms with E-state index in [2.05, 4.69) is 15.3 Å². The predicted molar refractivity (Wildman–Crippen MR) is 79.9 cm³/mol. The third kappa shape index (κ3) is 5.70. The van der Waals surface area contributed by atoms with E-state index in [1.165, 1.54) is 6.26 Å². The summed E-state index contributed by atoms with van der Waals surface area (Å²) in [6.07, 6.45) is 1.22. The first-order valence-electron chi connectivity index (χ1n) is 6.38. The number of anilines is 2. The predicted octanol–water partition coefficient (Wildman–Crippen LogP) is 0.536.